The number of fused-ring (bicyclic) bond motifs is 1. The van der Waals surface area contributed by atoms with Gasteiger partial charge >= 0.3 is 5.97 Å². The minimum atomic E-state index is -0.764. The van der Waals surface area contributed by atoms with Crippen LogP contribution in [-0.2, 0) is 17.6 Å². The number of rotatable bonds is 5. The van der Waals surface area contributed by atoms with Gasteiger partial charge in [0.1, 0.15) is 17.6 Å². The number of ether oxygens (including phenoxy) is 2. The molecule has 0 aromatic heterocycles. The molecule has 4 nitrogen and oxygen atoms in total. The second-order valence-electron chi connectivity index (χ2n) is 4.65. The summed E-state index contributed by atoms with van der Waals surface area (Å²) in [5.74, 6) is 0.977. The van der Waals surface area contributed by atoms with Crippen molar-refractivity contribution in [2.45, 2.75) is 38.7 Å². The average molecular weight is 250 g/mol. The molecule has 1 aliphatic heterocycles. The highest BCUT2D eigenvalue weighted by Gasteiger charge is 2.21. The molecule has 4 heteroatoms. The molecule has 0 bridgehead atoms. The quantitative estimate of drug-likeness (QED) is 0.872. The average Bonchev–Trinajstić information content (AvgIpc) is 2.66. The molecule has 1 N–H and O–H groups in total. The van der Waals surface area contributed by atoms with Gasteiger partial charge < -0.3 is 14.6 Å². The predicted molar refractivity (Wildman–Crippen MR) is 67.4 cm³/mol. The van der Waals surface area contributed by atoms with Crippen LogP contribution < -0.4 is 9.47 Å². The lowest BCUT2D eigenvalue weighted by Crippen LogP contribution is -2.05. The summed E-state index contributed by atoms with van der Waals surface area (Å²) >= 11 is 0. The van der Waals surface area contributed by atoms with Crippen molar-refractivity contribution in [2.75, 3.05) is 7.11 Å². The van der Waals surface area contributed by atoms with Crippen LogP contribution in [0.1, 0.15) is 30.9 Å². The van der Waals surface area contributed by atoms with Crippen molar-refractivity contribution in [3.63, 3.8) is 0 Å². The van der Waals surface area contributed by atoms with Crippen LogP contribution in [0.3, 0.4) is 0 Å². The first kappa shape index (κ1) is 12.7. The minimum absolute atomic E-state index is 0.178. The Morgan fingerprint density at radius 2 is 2.33 bits per heavy atom. The summed E-state index contributed by atoms with van der Waals surface area (Å²) in [4.78, 5) is 10.5. The van der Waals surface area contributed by atoms with Crippen LogP contribution in [0.25, 0.3) is 0 Å². The van der Waals surface area contributed by atoms with E-state index in [0.29, 0.717) is 12.8 Å². The fraction of sp³-hybridized carbons (Fsp3) is 0.500. The normalized spacial score (nSPS) is 17.1. The molecule has 0 fully saturated rings. The molecule has 1 aromatic carbocycles. The lowest BCUT2D eigenvalue weighted by molar-refractivity contribution is -0.137. The number of methoxy groups -OCH3 is 1. The summed E-state index contributed by atoms with van der Waals surface area (Å²) < 4.78 is 11.1. The van der Waals surface area contributed by atoms with Crippen molar-refractivity contribution >= 4 is 5.97 Å². The first-order valence-corrected chi connectivity index (χ1v) is 6.18. The zero-order chi connectivity index (χ0) is 13.1. The number of hydrogen-bond acceptors (Lipinski definition) is 3. The molecule has 0 spiro atoms. The Hall–Kier alpha value is -1.71. The van der Waals surface area contributed by atoms with Crippen LogP contribution in [0.4, 0.5) is 0 Å². The summed E-state index contributed by atoms with van der Waals surface area (Å²) in [5, 5.41) is 8.65. The van der Waals surface area contributed by atoms with Gasteiger partial charge in [-0.2, -0.15) is 0 Å². The van der Waals surface area contributed by atoms with Crippen LogP contribution in [0.15, 0.2) is 12.1 Å². The van der Waals surface area contributed by atoms with E-state index in [-0.39, 0.29) is 12.5 Å². The van der Waals surface area contributed by atoms with E-state index in [9.17, 15) is 4.79 Å². The maximum Gasteiger partial charge on any atom is 0.303 e. The summed E-state index contributed by atoms with van der Waals surface area (Å²) in [6.07, 6.45) is 2.60. The third-order valence-electron chi connectivity index (χ3n) is 3.14. The summed E-state index contributed by atoms with van der Waals surface area (Å²) in [7, 11) is 1.64. The molecule has 0 radical (unpaired) electrons. The van der Waals surface area contributed by atoms with Crippen molar-refractivity contribution in [1.29, 1.82) is 0 Å². The SMILES string of the molecule is COc1cc2c(cc1CCCC(=O)O)OC(C)C2. The topological polar surface area (TPSA) is 55.8 Å². The number of carbonyl (C=O) groups is 1. The van der Waals surface area contributed by atoms with Gasteiger partial charge in [-0.15, -0.1) is 0 Å². The van der Waals surface area contributed by atoms with Crippen molar-refractivity contribution in [2.24, 2.45) is 0 Å². The maximum absolute atomic E-state index is 10.5. The van der Waals surface area contributed by atoms with Crippen molar-refractivity contribution in [3.05, 3.63) is 23.3 Å². The molecule has 1 atom stereocenters. The van der Waals surface area contributed by atoms with Gasteiger partial charge in [0.05, 0.1) is 7.11 Å². The van der Waals surface area contributed by atoms with Crippen LogP contribution in [-0.4, -0.2) is 24.3 Å². The number of carboxylic acids is 1. The van der Waals surface area contributed by atoms with Gasteiger partial charge in [0.15, 0.2) is 0 Å². The Morgan fingerprint density at radius 3 is 3.00 bits per heavy atom. The van der Waals surface area contributed by atoms with Gasteiger partial charge in [0.25, 0.3) is 0 Å². The van der Waals surface area contributed by atoms with E-state index in [1.54, 1.807) is 7.11 Å². The van der Waals surface area contributed by atoms with Gasteiger partial charge in [-0.1, -0.05) is 0 Å². The Morgan fingerprint density at radius 1 is 1.56 bits per heavy atom. The number of aliphatic carboxylic acids is 1. The highest BCUT2D eigenvalue weighted by atomic mass is 16.5. The third-order valence-corrected chi connectivity index (χ3v) is 3.14. The third kappa shape index (κ3) is 2.75. The zero-order valence-corrected chi connectivity index (χ0v) is 10.7. The Kier molecular flexibility index (Phi) is 3.75. The Balaban J connectivity index is 2.14. The highest BCUT2D eigenvalue weighted by Crippen LogP contribution is 2.35. The molecule has 1 heterocycles. The Bertz CT molecular complexity index is 453. The lowest BCUT2D eigenvalue weighted by Gasteiger charge is -2.10. The summed E-state index contributed by atoms with van der Waals surface area (Å²) in [6, 6.07) is 3.99. The van der Waals surface area contributed by atoms with Gasteiger partial charge in [0.2, 0.25) is 0 Å². The fourth-order valence-corrected chi connectivity index (χ4v) is 2.30. The molecule has 1 unspecified atom stereocenters. The van der Waals surface area contributed by atoms with E-state index >= 15 is 0 Å². The second kappa shape index (κ2) is 5.29. The largest absolute Gasteiger partial charge is 0.496 e. The minimum Gasteiger partial charge on any atom is -0.496 e. The van der Waals surface area contributed by atoms with E-state index < -0.39 is 5.97 Å². The van der Waals surface area contributed by atoms with E-state index in [1.807, 2.05) is 19.1 Å². The molecule has 0 saturated carbocycles. The second-order valence-corrected chi connectivity index (χ2v) is 4.65. The van der Waals surface area contributed by atoms with Gasteiger partial charge in [-0.3, -0.25) is 4.79 Å². The first-order valence-electron chi connectivity index (χ1n) is 6.18. The van der Waals surface area contributed by atoms with E-state index in [0.717, 1.165) is 23.5 Å². The van der Waals surface area contributed by atoms with E-state index in [2.05, 4.69) is 0 Å². The molecular formula is C14H18O4. The van der Waals surface area contributed by atoms with Crippen LogP contribution in [0, 0.1) is 0 Å². The van der Waals surface area contributed by atoms with Gasteiger partial charge in [0, 0.05) is 18.4 Å². The number of hydrogen-bond donors (Lipinski definition) is 1. The predicted octanol–water partition coefficient (Wildman–Crippen LogP) is 2.43. The molecule has 0 saturated heterocycles. The fourth-order valence-electron chi connectivity index (χ4n) is 2.30. The molecule has 2 rings (SSSR count). The molecule has 1 aromatic rings. The Labute approximate surface area is 107 Å². The molecule has 0 amide bonds. The lowest BCUT2D eigenvalue weighted by atomic mass is 10.0. The summed E-state index contributed by atoms with van der Waals surface area (Å²) in [6.45, 7) is 2.04. The number of benzene rings is 1. The van der Waals surface area contributed by atoms with Crippen molar-refractivity contribution < 1.29 is 19.4 Å². The van der Waals surface area contributed by atoms with Crippen LogP contribution >= 0.6 is 0 Å². The number of aryl methyl sites for hydroxylation is 1. The van der Waals surface area contributed by atoms with Gasteiger partial charge in [-0.05, 0) is 37.5 Å². The molecule has 1 aliphatic rings. The number of carboxylic acid groups (broad SMARTS) is 1. The van der Waals surface area contributed by atoms with E-state index in [4.69, 9.17) is 14.6 Å². The monoisotopic (exact) mass is 250 g/mol. The molecule has 98 valence electrons. The molecular weight excluding hydrogens is 232 g/mol. The van der Waals surface area contributed by atoms with Crippen molar-refractivity contribution in [3.8, 4) is 11.5 Å². The molecule has 18 heavy (non-hydrogen) atoms. The van der Waals surface area contributed by atoms with Crippen LogP contribution in [0.5, 0.6) is 11.5 Å². The maximum atomic E-state index is 10.5. The van der Waals surface area contributed by atoms with Crippen molar-refractivity contribution in [1.82, 2.24) is 0 Å². The van der Waals surface area contributed by atoms with Crippen LogP contribution in [0.2, 0.25) is 0 Å². The standard InChI is InChI=1S/C14H18O4/c1-9-6-11-8-12(17-2)10(7-13(11)18-9)4-3-5-14(15)16/h7-9H,3-6H2,1-2H3,(H,15,16). The van der Waals surface area contributed by atoms with E-state index in [1.165, 1.54) is 5.56 Å². The summed E-state index contributed by atoms with van der Waals surface area (Å²) in [5.41, 5.74) is 2.19. The molecule has 0 aliphatic carbocycles. The first-order chi connectivity index (χ1) is 8.60. The smallest absolute Gasteiger partial charge is 0.303 e. The zero-order valence-electron chi connectivity index (χ0n) is 10.7. The highest BCUT2D eigenvalue weighted by molar-refractivity contribution is 5.66. The van der Waals surface area contributed by atoms with Gasteiger partial charge in [-0.25, -0.2) is 0 Å².